The Bertz CT molecular complexity index is 593. The number of nitrogens with zero attached hydrogens (tertiary/aromatic N) is 3. The fourth-order valence-electron chi connectivity index (χ4n) is 4.46. The number of para-hydroxylation sites is 2. The van der Waals surface area contributed by atoms with Gasteiger partial charge in [-0.25, -0.2) is 0 Å². The van der Waals surface area contributed by atoms with Crippen molar-refractivity contribution in [3.05, 3.63) is 24.3 Å². The van der Waals surface area contributed by atoms with Crippen LogP contribution >= 0.6 is 0 Å². The van der Waals surface area contributed by atoms with E-state index in [0.29, 0.717) is 11.8 Å². The van der Waals surface area contributed by atoms with Gasteiger partial charge >= 0.3 is 0 Å². The van der Waals surface area contributed by atoms with Gasteiger partial charge in [-0.05, 0) is 38.8 Å². The summed E-state index contributed by atoms with van der Waals surface area (Å²) in [5, 5.41) is 10.1. The molecule has 3 rings (SSSR count). The van der Waals surface area contributed by atoms with Gasteiger partial charge in [0.05, 0.1) is 11.7 Å². The fraction of sp³-hybridized carbons (Fsp3) is 0.667. The van der Waals surface area contributed by atoms with Gasteiger partial charge in [-0.15, -0.1) is 0 Å². The van der Waals surface area contributed by atoms with E-state index in [-0.39, 0.29) is 11.9 Å². The van der Waals surface area contributed by atoms with Crippen LogP contribution < -0.4 is 4.90 Å². The third-order valence-corrected chi connectivity index (χ3v) is 6.08. The van der Waals surface area contributed by atoms with E-state index in [0.717, 1.165) is 51.3 Å². The second-order valence-corrected chi connectivity index (χ2v) is 7.60. The highest BCUT2D eigenvalue weighted by atomic mass is 16.3. The van der Waals surface area contributed by atoms with Crippen LogP contribution in [0, 0.1) is 0 Å². The second kappa shape index (κ2) is 8.76. The lowest BCUT2D eigenvalue weighted by Crippen LogP contribution is -2.56. The number of phenolic OH excluding ortho intramolecular Hbond substituents is 1. The largest absolute Gasteiger partial charge is 0.506 e. The van der Waals surface area contributed by atoms with E-state index < -0.39 is 0 Å². The van der Waals surface area contributed by atoms with Crippen molar-refractivity contribution < 1.29 is 9.90 Å². The molecule has 1 aliphatic heterocycles. The van der Waals surface area contributed by atoms with Crippen molar-refractivity contribution in [2.24, 2.45) is 0 Å². The maximum absolute atomic E-state index is 13.1. The molecule has 1 saturated carbocycles. The van der Waals surface area contributed by atoms with Crippen LogP contribution in [0.25, 0.3) is 0 Å². The molecule has 1 N–H and O–H groups in total. The smallest absolute Gasteiger partial charge is 0.239 e. The number of likely N-dealkylation sites (N-methyl/N-ethyl adjacent to an activating group) is 1. The number of piperazine rings is 1. The molecule has 0 aromatic heterocycles. The van der Waals surface area contributed by atoms with Gasteiger partial charge < -0.3 is 14.9 Å². The molecule has 2 fully saturated rings. The number of rotatable bonds is 5. The predicted octanol–water partition coefficient (Wildman–Crippen LogP) is 3.08. The first-order valence-electron chi connectivity index (χ1n) is 10.2. The molecular weight excluding hydrogens is 326 g/mol. The second-order valence-electron chi connectivity index (χ2n) is 7.60. The summed E-state index contributed by atoms with van der Waals surface area (Å²) < 4.78 is 0. The van der Waals surface area contributed by atoms with Crippen LogP contribution in [-0.2, 0) is 4.79 Å². The van der Waals surface area contributed by atoms with Gasteiger partial charge in [0, 0.05) is 38.8 Å². The minimum absolute atomic E-state index is 0.0663. The molecule has 0 unspecified atom stereocenters. The number of amides is 1. The number of phenols is 1. The zero-order chi connectivity index (χ0) is 18.5. The van der Waals surface area contributed by atoms with Crippen molar-refractivity contribution in [3.8, 4) is 5.75 Å². The lowest BCUT2D eigenvalue weighted by atomic mass is 9.93. The molecule has 1 heterocycles. The third kappa shape index (κ3) is 4.14. The average molecular weight is 360 g/mol. The number of hydrogen-bond donors (Lipinski definition) is 1. The molecule has 144 valence electrons. The molecule has 2 aliphatic rings. The van der Waals surface area contributed by atoms with Crippen molar-refractivity contribution >= 4 is 11.6 Å². The maximum Gasteiger partial charge on any atom is 0.239 e. The van der Waals surface area contributed by atoms with Crippen LogP contribution in [-0.4, -0.2) is 65.6 Å². The minimum Gasteiger partial charge on any atom is -0.506 e. The third-order valence-electron chi connectivity index (χ3n) is 6.08. The lowest BCUT2D eigenvalue weighted by molar-refractivity contribution is -0.139. The zero-order valence-electron chi connectivity index (χ0n) is 16.2. The van der Waals surface area contributed by atoms with E-state index in [1.807, 2.05) is 18.2 Å². The molecule has 0 spiro atoms. The summed E-state index contributed by atoms with van der Waals surface area (Å²) in [6, 6.07) is 7.87. The van der Waals surface area contributed by atoms with Crippen molar-refractivity contribution in [2.45, 2.75) is 58.0 Å². The highest BCUT2D eigenvalue weighted by Gasteiger charge is 2.32. The SMILES string of the molecule is CCN(C(=O)[C@H](C)N1CCN(c2ccccc2O)CC1)C1CCCCC1. The Kier molecular flexibility index (Phi) is 6.41. The minimum atomic E-state index is -0.0663. The van der Waals surface area contributed by atoms with Crippen molar-refractivity contribution in [1.29, 1.82) is 0 Å². The maximum atomic E-state index is 13.1. The Balaban J connectivity index is 1.57. The normalized spacial score (nSPS) is 20.8. The highest BCUT2D eigenvalue weighted by molar-refractivity contribution is 5.81. The van der Waals surface area contributed by atoms with Gasteiger partial charge in [0.25, 0.3) is 0 Å². The standard InChI is InChI=1S/C21H33N3O2/c1-3-24(18-9-5-4-6-10-18)21(26)17(2)22-13-15-23(16-14-22)19-11-7-8-12-20(19)25/h7-8,11-12,17-18,25H,3-6,9-10,13-16H2,1-2H3/t17-/m0/s1. The number of carbonyl (C=O) groups is 1. The average Bonchev–Trinajstić information content (AvgIpc) is 2.69. The van der Waals surface area contributed by atoms with E-state index in [2.05, 4.69) is 28.5 Å². The summed E-state index contributed by atoms with van der Waals surface area (Å²) >= 11 is 0. The molecule has 26 heavy (non-hydrogen) atoms. The van der Waals surface area contributed by atoms with Crippen LogP contribution in [0.2, 0.25) is 0 Å². The number of aromatic hydroxyl groups is 1. The molecule has 1 aromatic carbocycles. The van der Waals surface area contributed by atoms with Gasteiger partial charge in [-0.3, -0.25) is 9.69 Å². The Morgan fingerprint density at radius 2 is 1.81 bits per heavy atom. The molecule has 1 aliphatic carbocycles. The molecule has 0 radical (unpaired) electrons. The monoisotopic (exact) mass is 359 g/mol. The molecular formula is C21H33N3O2. The van der Waals surface area contributed by atoms with Crippen LogP contribution in [0.1, 0.15) is 46.0 Å². The summed E-state index contributed by atoms with van der Waals surface area (Å²) in [7, 11) is 0. The molecule has 5 heteroatoms. The van der Waals surface area contributed by atoms with Crippen LogP contribution in [0.15, 0.2) is 24.3 Å². The van der Waals surface area contributed by atoms with E-state index in [1.165, 1.54) is 19.3 Å². The first-order valence-corrected chi connectivity index (χ1v) is 10.2. The van der Waals surface area contributed by atoms with Crippen LogP contribution in [0.3, 0.4) is 0 Å². The number of hydrogen-bond acceptors (Lipinski definition) is 4. The summed E-state index contributed by atoms with van der Waals surface area (Å²) in [6.45, 7) is 8.35. The van der Waals surface area contributed by atoms with E-state index in [4.69, 9.17) is 0 Å². The lowest BCUT2D eigenvalue weighted by Gasteiger charge is -2.41. The Morgan fingerprint density at radius 1 is 1.15 bits per heavy atom. The molecule has 1 amide bonds. The van der Waals surface area contributed by atoms with Gasteiger partial charge in [0.1, 0.15) is 5.75 Å². The van der Waals surface area contributed by atoms with E-state index in [9.17, 15) is 9.90 Å². The van der Waals surface area contributed by atoms with Crippen molar-refractivity contribution in [3.63, 3.8) is 0 Å². The van der Waals surface area contributed by atoms with Crippen LogP contribution in [0.5, 0.6) is 5.75 Å². The van der Waals surface area contributed by atoms with Crippen molar-refractivity contribution in [1.82, 2.24) is 9.80 Å². The van der Waals surface area contributed by atoms with Gasteiger partial charge in [0.15, 0.2) is 0 Å². The Labute approximate surface area is 157 Å². The first kappa shape index (κ1) is 19.0. The first-order chi connectivity index (χ1) is 12.6. The topological polar surface area (TPSA) is 47.0 Å². The summed E-state index contributed by atoms with van der Waals surface area (Å²) in [4.78, 5) is 19.7. The van der Waals surface area contributed by atoms with Gasteiger partial charge in [0.2, 0.25) is 5.91 Å². The molecule has 0 bridgehead atoms. The Hall–Kier alpha value is -1.75. The van der Waals surface area contributed by atoms with Gasteiger partial charge in [-0.1, -0.05) is 31.4 Å². The summed E-state index contributed by atoms with van der Waals surface area (Å²) in [5.74, 6) is 0.620. The van der Waals surface area contributed by atoms with E-state index >= 15 is 0 Å². The molecule has 1 atom stereocenters. The quantitative estimate of drug-likeness (QED) is 0.878. The number of benzene rings is 1. The van der Waals surface area contributed by atoms with E-state index in [1.54, 1.807) is 6.07 Å². The zero-order valence-corrected chi connectivity index (χ0v) is 16.2. The molecule has 1 aromatic rings. The Morgan fingerprint density at radius 3 is 2.42 bits per heavy atom. The van der Waals surface area contributed by atoms with Crippen molar-refractivity contribution in [2.75, 3.05) is 37.6 Å². The number of anilines is 1. The number of carbonyl (C=O) groups excluding carboxylic acids is 1. The molecule has 5 nitrogen and oxygen atoms in total. The molecule has 1 saturated heterocycles. The predicted molar refractivity (Wildman–Crippen MR) is 106 cm³/mol. The summed E-state index contributed by atoms with van der Waals surface area (Å²) in [6.07, 6.45) is 6.14. The highest BCUT2D eigenvalue weighted by Crippen LogP contribution is 2.28. The fourth-order valence-corrected chi connectivity index (χ4v) is 4.46. The van der Waals surface area contributed by atoms with Gasteiger partial charge in [-0.2, -0.15) is 0 Å². The van der Waals surface area contributed by atoms with Crippen LogP contribution in [0.4, 0.5) is 5.69 Å². The summed E-state index contributed by atoms with van der Waals surface area (Å²) in [5.41, 5.74) is 0.892.